The summed E-state index contributed by atoms with van der Waals surface area (Å²) in [6, 6.07) is 33.9. The molecule has 1 amide bonds. The number of rotatable bonds is 12. The van der Waals surface area contributed by atoms with Gasteiger partial charge >= 0.3 is 5.97 Å². The van der Waals surface area contributed by atoms with E-state index in [4.69, 9.17) is 0 Å². The first-order valence-electron chi connectivity index (χ1n) is 13.8. The predicted molar refractivity (Wildman–Crippen MR) is 176 cm³/mol. The number of aromatic nitrogens is 1. The van der Waals surface area contributed by atoms with Crippen LogP contribution in [0.4, 0.5) is 0 Å². The zero-order chi connectivity index (χ0) is 30.2. The minimum absolute atomic E-state index is 0.0678. The van der Waals surface area contributed by atoms with E-state index in [2.05, 4.69) is 4.98 Å². The van der Waals surface area contributed by atoms with Crippen molar-refractivity contribution in [3.63, 3.8) is 0 Å². The Hall–Kier alpha value is -3.62. The molecule has 1 saturated heterocycles. The van der Waals surface area contributed by atoms with Gasteiger partial charge in [0.15, 0.2) is 5.12 Å². The van der Waals surface area contributed by atoms with Crippen LogP contribution < -0.4 is 15.9 Å². The van der Waals surface area contributed by atoms with Gasteiger partial charge in [-0.05, 0) is 40.2 Å². The van der Waals surface area contributed by atoms with Crippen molar-refractivity contribution in [2.45, 2.75) is 23.2 Å². The smallest absolute Gasteiger partial charge is 0.353 e. The lowest BCUT2D eigenvalue weighted by Gasteiger charge is -2.48. The maximum Gasteiger partial charge on any atom is 0.353 e. The highest BCUT2D eigenvalue weighted by Crippen LogP contribution is 2.50. The Morgan fingerprint density at radius 3 is 1.81 bits per heavy atom. The number of β-lactam (4-membered cyclic amide) rings is 1. The molecule has 1 aliphatic heterocycles. The Balaban J connectivity index is 1.58. The van der Waals surface area contributed by atoms with Crippen molar-refractivity contribution in [2.75, 3.05) is 12.4 Å². The molecule has 2 N–H and O–H groups in total. The predicted octanol–water partition coefficient (Wildman–Crippen LogP) is 4.20. The molecule has 0 radical (unpaired) electrons. The van der Waals surface area contributed by atoms with Crippen molar-refractivity contribution in [1.29, 1.82) is 0 Å². The van der Waals surface area contributed by atoms with Crippen LogP contribution in [-0.2, 0) is 14.4 Å². The van der Waals surface area contributed by atoms with Crippen molar-refractivity contribution in [2.24, 2.45) is 5.92 Å². The first-order valence-corrected chi connectivity index (χ1v) is 17.5. The fraction of sp³-hybridized carbons (Fsp3) is 0.182. The molecular weight excluding hydrogens is 599 g/mol. The van der Waals surface area contributed by atoms with Gasteiger partial charge in [-0.2, -0.15) is 0 Å². The summed E-state index contributed by atoms with van der Waals surface area (Å²) in [5, 5.41) is 23.3. The minimum atomic E-state index is -3.15. The van der Waals surface area contributed by atoms with Gasteiger partial charge in [0.1, 0.15) is 10.8 Å². The lowest BCUT2D eigenvalue weighted by Crippen LogP contribution is -2.65. The van der Waals surface area contributed by atoms with Crippen molar-refractivity contribution >= 4 is 68.7 Å². The Morgan fingerprint density at radius 1 is 0.814 bits per heavy atom. The second-order valence-corrected chi connectivity index (χ2v) is 15.4. The summed E-state index contributed by atoms with van der Waals surface area (Å²) in [6.07, 6.45) is 2.57. The van der Waals surface area contributed by atoms with Gasteiger partial charge in [-0.25, -0.2) is 9.78 Å². The summed E-state index contributed by atoms with van der Waals surface area (Å²) in [6.45, 7) is -3.63. The highest BCUT2D eigenvalue weighted by Gasteiger charge is 2.54. The van der Waals surface area contributed by atoms with Crippen LogP contribution in [0.3, 0.4) is 0 Å². The highest BCUT2D eigenvalue weighted by molar-refractivity contribution is 8.14. The molecule has 2 unspecified atom stereocenters. The second-order valence-electron chi connectivity index (χ2n) is 9.80. The van der Waals surface area contributed by atoms with Gasteiger partial charge in [0, 0.05) is 19.5 Å². The summed E-state index contributed by atoms with van der Waals surface area (Å²) in [5.41, 5.74) is -0.0678. The van der Waals surface area contributed by atoms with E-state index in [0.29, 0.717) is 12.2 Å². The van der Waals surface area contributed by atoms with E-state index >= 15 is 0 Å². The molecule has 1 fully saturated rings. The van der Waals surface area contributed by atoms with Crippen LogP contribution in [0, 0.1) is 5.92 Å². The molecule has 7 nitrogen and oxygen atoms in total. The van der Waals surface area contributed by atoms with Crippen LogP contribution in [0.2, 0.25) is 0 Å². The van der Waals surface area contributed by atoms with Crippen molar-refractivity contribution in [3.8, 4) is 0 Å². The third-order valence-electron chi connectivity index (χ3n) is 7.18. The fourth-order valence-electron chi connectivity index (χ4n) is 5.25. The van der Waals surface area contributed by atoms with Gasteiger partial charge in [0.2, 0.25) is 5.91 Å². The summed E-state index contributed by atoms with van der Waals surface area (Å²) < 4.78 is 0. The number of hydrogen-bond acceptors (Lipinski definition) is 7. The summed E-state index contributed by atoms with van der Waals surface area (Å²) in [7, 11) is 0. The number of carboxylic acid groups (broad SMARTS) is 1. The molecule has 0 bridgehead atoms. The molecule has 43 heavy (non-hydrogen) atoms. The molecule has 0 saturated carbocycles. The Morgan fingerprint density at radius 2 is 1.35 bits per heavy atom. The average Bonchev–Trinajstić information content (AvgIpc) is 3.05. The first kappa shape index (κ1) is 30.8. The van der Waals surface area contributed by atoms with E-state index in [0.717, 1.165) is 32.7 Å². The average molecular weight is 631 g/mol. The number of carboxylic acids is 1. The van der Waals surface area contributed by atoms with E-state index in [1.54, 1.807) is 18.0 Å². The summed E-state index contributed by atoms with van der Waals surface area (Å²) >= 11 is 2.50. The number of carbonyl (C=O) groups is 3. The molecule has 5 rings (SSSR count). The molecule has 1 aromatic heterocycles. The van der Waals surface area contributed by atoms with Crippen molar-refractivity contribution < 1.29 is 24.6 Å². The van der Waals surface area contributed by atoms with Gasteiger partial charge in [0.05, 0.1) is 17.6 Å². The molecule has 3 aromatic carbocycles. The number of carbonyl (C=O) groups excluding carboxylic acids is 2. The molecule has 0 aliphatic carbocycles. The van der Waals surface area contributed by atoms with Gasteiger partial charge in [-0.15, -0.1) is 11.8 Å². The van der Waals surface area contributed by atoms with E-state index in [9.17, 15) is 24.6 Å². The Labute approximate surface area is 259 Å². The molecule has 4 aromatic rings. The van der Waals surface area contributed by atoms with Crippen LogP contribution >= 0.6 is 30.4 Å². The number of amides is 1. The van der Waals surface area contributed by atoms with Gasteiger partial charge < -0.3 is 10.2 Å². The number of nitrogens with zero attached hydrogens (tertiary/aromatic N) is 2. The second kappa shape index (κ2) is 14.2. The van der Waals surface area contributed by atoms with Gasteiger partial charge in [-0.3, -0.25) is 14.5 Å². The monoisotopic (exact) mass is 630 g/mol. The Bertz CT molecular complexity index is 1520. The number of benzene rings is 3. The highest BCUT2D eigenvalue weighted by atomic mass is 32.2. The number of pyridine rings is 1. The standard InChI is InChI=1S/C33H31N2O5PS2/c36-23-27-30(38)35(32(27)43-29(37)20-12-22-42-28-19-10-11-21-34-28)31(33(39)40)41(24-13-4-1-5-14-24,25-15-6-2-7-16-25)26-17-8-3-9-18-26/h1-11,13-19,21,27,32,36H,12,20,22-23H2,(H,39,40). The largest absolute Gasteiger partial charge is 0.477 e. The lowest BCUT2D eigenvalue weighted by molar-refractivity contribution is -0.147. The SMILES string of the molecule is O=C(CCCSc1ccccn1)SC1C(CO)C(=O)N1C(C(=O)O)=P(c1ccccc1)(c1ccccc1)c1ccccc1. The zero-order valence-electron chi connectivity index (χ0n) is 23.2. The topological polar surface area (TPSA) is 108 Å². The molecular formula is C33H31N2O5PS2. The van der Waals surface area contributed by atoms with E-state index in [-0.39, 0.29) is 17.0 Å². The van der Waals surface area contributed by atoms with Crippen molar-refractivity contribution in [1.82, 2.24) is 9.88 Å². The van der Waals surface area contributed by atoms with E-state index < -0.39 is 36.7 Å². The quantitative estimate of drug-likeness (QED) is 0.104. The number of aliphatic carboxylic acids is 1. The zero-order valence-corrected chi connectivity index (χ0v) is 25.8. The normalized spacial score (nSPS) is 16.4. The number of hydrogen-bond donors (Lipinski definition) is 2. The van der Waals surface area contributed by atoms with Gasteiger partial charge in [-0.1, -0.05) is 109 Å². The fourth-order valence-corrected chi connectivity index (χ4v) is 11.7. The van der Waals surface area contributed by atoms with Crippen molar-refractivity contribution in [3.05, 3.63) is 115 Å². The number of aliphatic hydroxyl groups is 1. The summed E-state index contributed by atoms with van der Waals surface area (Å²) in [4.78, 5) is 45.9. The molecule has 0 spiro atoms. The molecule has 1 aliphatic rings. The van der Waals surface area contributed by atoms with Crippen LogP contribution in [0.1, 0.15) is 12.8 Å². The maximum atomic E-state index is 13.7. The van der Waals surface area contributed by atoms with Crippen LogP contribution in [0.15, 0.2) is 120 Å². The van der Waals surface area contributed by atoms with E-state index in [1.807, 2.05) is 109 Å². The number of thioether (sulfide) groups is 2. The van der Waals surface area contributed by atoms with E-state index in [1.165, 1.54) is 4.90 Å². The van der Waals surface area contributed by atoms with Crippen LogP contribution in [-0.4, -0.2) is 60.2 Å². The number of aliphatic hydroxyl groups excluding tert-OH is 1. The maximum absolute atomic E-state index is 13.7. The number of likely N-dealkylation sites (tertiary alicyclic amines) is 1. The molecule has 2 atom stereocenters. The first-order chi connectivity index (χ1) is 21.0. The lowest BCUT2D eigenvalue weighted by atomic mass is 9.99. The summed E-state index contributed by atoms with van der Waals surface area (Å²) in [5.74, 6) is -1.92. The molecule has 10 heteroatoms. The molecule has 220 valence electrons. The Kier molecular flexibility index (Phi) is 10.2. The molecule has 2 heterocycles. The third kappa shape index (κ3) is 6.36. The van der Waals surface area contributed by atoms with Crippen LogP contribution in [0.5, 0.6) is 0 Å². The van der Waals surface area contributed by atoms with Gasteiger partial charge in [0.25, 0.3) is 0 Å². The minimum Gasteiger partial charge on any atom is -0.477 e. The third-order valence-corrected chi connectivity index (χ3v) is 13.7. The van der Waals surface area contributed by atoms with Crippen LogP contribution in [0.25, 0.3) is 0 Å².